The Morgan fingerprint density at radius 1 is 0.750 bits per heavy atom. The number of esters is 1. The molecule has 0 atom stereocenters. The lowest BCUT2D eigenvalue weighted by Gasteiger charge is -2.28. The maximum absolute atomic E-state index is 13.0. The van der Waals surface area contributed by atoms with Crippen molar-refractivity contribution in [3.05, 3.63) is 70.9 Å². The smallest absolute Gasteiger partial charge is 0.412 e. The van der Waals surface area contributed by atoms with Gasteiger partial charge in [0.1, 0.15) is 11.5 Å². The van der Waals surface area contributed by atoms with E-state index in [1.54, 1.807) is 40.9 Å². The Bertz CT molecular complexity index is 2320. The third kappa shape index (κ3) is 8.91. The number of nitrogens with one attached hydrogen (secondary N) is 1. The summed E-state index contributed by atoms with van der Waals surface area (Å²) < 4.78 is 24.6. The fraction of sp³-hybridized carbons (Fsp3) is 0.366. The molecule has 1 amide bonds. The number of carbonyl (C=O) groups excluding carboxylic acids is 2. The van der Waals surface area contributed by atoms with E-state index in [4.69, 9.17) is 38.9 Å². The van der Waals surface area contributed by atoms with Crippen LogP contribution < -0.4 is 24.6 Å². The van der Waals surface area contributed by atoms with Crippen molar-refractivity contribution < 1.29 is 28.5 Å². The summed E-state index contributed by atoms with van der Waals surface area (Å²) in [4.78, 5) is 50.7. The van der Waals surface area contributed by atoms with Crippen LogP contribution in [0.3, 0.4) is 0 Å². The maximum atomic E-state index is 13.0. The number of rotatable bonds is 13. The highest BCUT2D eigenvalue weighted by molar-refractivity contribution is 7.19. The molecular weight excluding hydrogens is 751 g/mol. The molecule has 2 aromatic carbocycles. The monoisotopic (exact) mass is 793 g/mol. The molecule has 2 fully saturated rings. The number of nitrogens with zero attached hydrogens (tertiary/aromatic N) is 6. The van der Waals surface area contributed by atoms with Gasteiger partial charge in [-0.2, -0.15) is 0 Å². The lowest BCUT2D eigenvalue weighted by molar-refractivity contribution is -0.134. The van der Waals surface area contributed by atoms with E-state index < -0.39 is 6.09 Å². The van der Waals surface area contributed by atoms with Crippen LogP contribution in [0.15, 0.2) is 66.0 Å². The predicted molar refractivity (Wildman–Crippen MR) is 219 cm³/mol. The molecule has 2 saturated heterocycles. The van der Waals surface area contributed by atoms with Crippen LogP contribution in [-0.4, -0.2) is 91.1 Å². The van der Waals surface area contributed by atoms with E-state index in [1.807, 2.05) is 41.8 Å². The summed E-state index contributed by atoms with van der Waals surface area (Å²) in [6, 6.07) is 18.7. The van der Waals surface area contributed by atoms with Crippen LogP contribution in [0.2, 0.25) is 0 Å². The summed E-state index contributed by atoms with van der Waals surface area (Å²) >= 11 is 3.25. The lowest BCUT2D eigenvalue weighted by atomic mass is 10.2. The first-order valence-electron chi connectivity index (χ1n) is 19.1. The van der Waals surface area contributed by atoms with Gasteiger partial charge in [-0.1, -0.05) is 44.0 Å². The molecule has 0 bridgehead atoms. The lowest BCUT2D eigenvalue weighted by Crippen LogP contribution is -2.36. The van der Waals surface area contributed by atoms with E-state index >= 15 is 0 Å². The highest BCUT2D eigenvalue weighted by Gasteiger charge is 2.22. The van der Waals surface area contributed by atoms with Gasteiger partial charge in [-0.3, -0.25) is 4.79 Å². The van der Waals surface area contributed by atoms with Crippen molar-refractivity contribution in [2.24, 2.45) is 0 Å². The van der Waals surface area contributed by atoms with Gasteiger partial charge in [0.15, 0.2) is 23.3 Å². The Hall–Kier alpha value is -5.22. The van der Waals surface area contributed by atoms with Gasteiger partial charge in [0.05, 0.1) is 46.9 Å². The van der Waals surface area contributed by atoms with E-state index in [9.17, 15) is 9.59 Å². The van der Waals surface area contributed by atoms with Gasteiger partial charge in [0.25, 0.3) is 0 Å². The Balaban J connectivity index is 0.946. The Kier molecular flexibility index (Phi) is 11.9. The molecule has 8 rings (SSSR count). The molecule has 2 aliphatic rings. The zero-order valence-corrected chi connectivity index (χ0v) is 32.8. The second-order valence-electron chi connectivity index (χ2n) is 13.6. The molecule has 290 valence electrons. The van der Waals surface area contributed by atoms with Crippen molar-refractivity contribution >= 4 is 66.8 Å². The highest BCUT2D eigenvalue weighted by Crippen LogP contribution is 2.36. The second kappa shape index (κ2) is 17.7. The normalized spacial score (nSPS) is 14.7. The zero-order valence-electron chi connectivity index (χ0n) is 31.2. The molecule has 0 saturated carbocycles. The van der Waals surface area contributed by atoms with Crippen LogP contribution in [0.5, 0.6) is 11.5 Å². The minimum atomic E-state index is -0.548. The number of anilines is 2. The van der Waals surface area contributed by atoms with E-state index in [-0.39, 0.29) is 5.97 Å². The largest absolute Gasteiger partial charge is 0.427 e. The average molecular weight is 794 g/mol. The van der Waals surface area contributed by atoms with Crippen LogP contribution in [0, 0.1) is 0 Å². The third-order valence-corrected chi connectivity index (χ3v) is 11.6. The standard InChI is InChI=1S/C41H43N7O6S2/c1-2-3-4-11-34(49)53-29-9-5-7-27(24-29)38-44-33-26-31(56-36(33)40(46-38)48-17-21-52-22-18-48)12-14-42-41(50)54-30-10-6-8-28(25-30)37-43-32-13-23-55-35(32)39(45-37)47-15-19-51-20-16-47/h5-10,13,23-26H,2-4,11-12,14-22H2,1H3,(H,42,50). The molecule has 0 spiro atoms. The fourth-order valence-corrected chi connectivity index (χ4v) is 8.66. The van der Waals surface area contributed by atoms with Crippen molar-refractivity contribution in [1.29, 1.82) is 0 Å². The van der Waals surface area contributed by atoms with E-state index in [2.05, 4.69) is 28.1 Å². The number of morpholine rings is 2. The quantitative estimate of drug-likeness (QED) is 0.0703. The van der Waals surface area contributed by atoms with Crippen LogP contribution >= 0.6 is 22.7 Å². The summed E-state index contributed by atoms with van der Waals surface area (Å²) in [6.45, 7) is 7.99. The van der Waals surface area contributed by atoms with Gasteiger partial charge in [-0.15, -0.1) is 22.7 Å². The summed E-state index contributed by atoms with van der Waals surface area (Å²) in [5, 5.41) is 4.93. The molecular formula is C41H43N7O6S2. The van der Waals surface area contributed by atoms with E-state index in [0.29, 0.717) is 82.1 Å². The molecule has 15 heteroatoms. The van der Waals surface area contributed by atoms with Crippen LogP contribution in [0.4, 0.5) is 16.4 Å². The minimum absolute atomic E-state index is 0.241. The van der Waals surface area contributed by atoms with Crippen molar-refractivity contribution in [2.45, 2.75) is 39.0 Å². The number of aromatic nitrogens is 4. The molecule has 6 aromatic rings. The molecule has 0 aliphatic carbocycles. The van der Waals surface area contributed by atoms with Crippen molar-refractivity contribution in [3.8, 4) is 34.3 Å². The first kappa shape index (κ1) is 37.7. The van der Waals surface area contributed by atoms with Gasteiger partial charge >= 0.3 is 12.1 Å². The van der Waals surface area contributed by atoms with Crippen LogP contribution in [0.1, 0.15) is 37.5 Å². The number of hydrogen-bond donors (Lipinski definition) is 1. The number of thiophene rings is 2. The van der Waals surface area contributed by atoms with Crippen LogP contribution in [-0.2, 0) is 20.7 Å². The second-order valence-corrected chi connectivity index (χ2v) is 15.6. The summed E-state index contributed by atoms with van der Waals surface area (Å²) in [5.41, 5.74) is 3.22. The Morgan fingerprint density at radius 3 is 2.04 bits per heavy atom. The van der Waals surface area contributed by atoms with Gasteiger partial charge in [-0.25, -0.2) is 24.7 Å². The zero-order chi connectivity index (χ0) is 38.3. The number of amides is 1. The number of hydrogen-bond acceptors (Lipinski definition) is 14. The molecule has 2 aliphatic heterocycles. The molecule has 6 heterocycles. The van der Waals surface area contributed by atoms with Crippen molar-refractivity contribution in [3.63, 3.8) is 0 Å². The fourth-order valence-electron chi connectivity index (χ4n) is 6.70. The summed E-state index contributed by atoms with van der Waals surface area (Å²) in [6.07, 6.45) is 3.26. The van der Waals surface area contributed by atoms with Crippen molar-refractivity contribution in [1.82, 2.24) is 25.3 Å². The molecule has 0 radical (unpaired) electrons. The number of carbonyl (C=O) groups is 2. The molecule has 0 unspecified atom stereocenters. The number of ether oxygens (including phenoxy) is 4. The molecule has 1 N–H and O–H groups in total. The van der Waals surface area contributed by atoms with Crippen LogP contribution in [0.25, 0.3) is 43.2 Å². The average Bonchev–Trinajstić information content (AvgIpc) is 3.88. The maximum Gasteiger partial charge on any atom is 0.412 e. The van der Waals surface area contributed by atoms with Gasteiger partial charge < -0.3 is 34.1 Å². The molecule has 13 nitrogen and oxygen atoms in total. The Morgan fingerprint density at radius 2 is 1.38 bits per heavy atom. The number of benzene rings is 2. The first-order chi connectivity index (χ1) is 27.5. The SMILES string of the molecule is CCCCCC(=O)Oc1cccc(-c2nc(N3CCOCC3)c3sc(CCNC(=O)Oc4cccc(-c5nc(N6CCOCC6)c6sccc6n5)c4)cc3n2)c1. The molecule has 56 heavy (non-hydrogen) atoms. The van der Waals surface area contributed by atoms with E-state index in [1.165, 1.54) is 0 Å². The third-order valence-electron chi connectivity index (χ3n) is 9.56. The minimum Gasteiger partial charge on any atom is -0.427 e. The van der Waals surface area contributed by atoms with E-state index in [0.717, 1.165) is 80.4 Å². The van der Waals surface area contributed by atoms with Gasteiger partial charge in [0.2, 0.25) is 0 Å². The van der Waals surface area contributed by atoms with Gasteiger partial charge in [-0.05, 0) is 54.6 Å². The summed E-state index contributed by atoms with van der Waals surface area (Å²) in [7, 11) is 0. The van der Waals surface area contributed by atoms with Crippen molar-refractivity contribution in [2.75, 3.05) is 69.0 Å². The predicted octanol–water partition coefficient (Wildman–Crippen LogP) is 7.52. The molecule has 4 aromatic heterocycles. The number of unbranched alkanes of at least 4 members (excludes halogenated alkanes) is 2. The topological polar surface area (TPSA) is 141 Å². The van der Waals surface area contributed by atoms with Gasteiger partial charge in [0, 0.05) is 55.1 Å². The number of fused-ring (bicyclic) bond motifs is 2. The summed E-state index contributed by atoms with van der Waals surface area (Å²) in [5.74, 6) is 3.50. The highest BCUT2D eigenvalue weighted by atomic mass is 32.1. The Labute approximate surface area is 332 Å². The first-order valence-corrected chi connectivity index (χ1v) is 20.8.